The van der Waals surface area contributed by atoms with Gasteiger partial charge in [0.15, 0.2) is 6.61 Å². The van der Waals surface area contributed by atoms with Crippen LogP contribution in [0.15, 0.2) is 60.7 Å². The van der Waals surface area contributed by atoms with Crippen LogP contribution in [0.3, 0.4) is 0 Å². The molecule has 0 spiro atoms. The third kappa shape index (κ3) is 5.00. The third-order valence-corrected chi connectivity index (χ3v) is 6.02. The molecule has 4 rings (SSSR count). The molecule has 7 heteroatoms. The van der Waals surface area contributed by atoms with E-state index < -0.39 is 0 Å². The summed E-state index contributed by atoms with van der Waals surface area (Å²) < 4.78 is 5.94. The Hall–Kier alpha value is -3.16. The zero-order valence-corrected chi connectivity index (χ0v) is 18.6. The maximum Gasteiger partial charge on any atom is 0.260 e. The Balaban J connectivity index is 1.48. The molecule has 1 aliphatic rings. The number of amides is 1. The van der Waals surface area contributed by atoms with Gasteiger partial charge in [0, 0.05) is 39.1 Å². The zero-order valence-electron chi connectivity index (χ0n) is 18.6. The van der Waals surface area contributed by atoms with Crippen LogP contribution in [-0.4, -0.2) is 72.2 Å². The molecular formula is C25H30N4O3. The lowest BCUT2D eigenvalue weighted by molar-refractivity contribution is -0.134. The molecule has 3 aromatic rings. The molecule has 7 nitrogen and oxygen atoms in total. The Morgan fingerprint density at radius 2 is 2.03 bits per heavy atom. The minimum absolute atomic E-state index is 0.0602. The van der Waals surface area contributed by atoms with Gasteiger partial charge in [0.25, 0.3) is 5.91 Å². The van der Waals surface area contributed by atoms with Gasteiger partial charge >= 0.3 is 0 Å². The maximum absolute atomic E-state index is 13.1. The summed E-state index contributed by atoms with van der Waals surface area (Å²) in [6.07, 6.45) is 0.478. The molecule has 2 N–H and O–H groups in total. The number of β-amino-alcohol motifs (C(OH)–C–C–N with tert-alkyl or cyclic N) is 1. The van der Waals surface area contributed by atoms with E-state index in [0.717, 1.165) is 35.2 Å². The van der Waals surface area contributed by atoms with Crippen molar-refractivity contribution in [3.63, 3.8) is 0 Å². The van der Waals surface area contributed by atoms with Crippen molar-refractivity contribution in [2.75, 3.05) is 45.7 Å². The van der Waals surface area contributed by atoms with E-state index in [1.807, 2.05) is 74.8 Å². The van der Waals surface area contributed by atoms with Crippen molar-refractivity contribution in [3.05, 3.63) is 66.2 Å². The summed E-state index contributed by atoms with van der Waals surface area (Å²) in [6.45, 7) is 2.09. The molecule has 0 aliphatic carbocycles. The summed E-state index contributed by atoms with van der Waals surface area (Å²) in [4.78, 5) is 21.6. The van der Waals surface area contributed by atoms with Gasteiger partial charge in [-0.05, 0) is 36.2 Å². The number of carbonyl (C=O) groups excluding carboxylic acids is 1. The molecule has 1 aliphatic heterocycles. The van der Waals surface area contributed by atoms with Crippen molar-refractivity contribution in [1.29, 1.82) is 0 Å². The number of nitrogens with zero attached hydrogens (tertiary/aromatic N) is 3. The first-order valence-corrected chi connectivity index (χ1v) is 11.0. The Kier molecular flexibility index (Phi) is 6.87. The smallest absolute Gasteiger partial charge is 0.260 e. The number of likely N-dealkylation sites (tertiary alicyclic amines) is 1. The number of fused-ring (bicyclic) bond motifs is 1. The van der Waals surface area contributed by atoms with Crippen LogP contribution < -0.4 is 10.1 Å². The Morgan fingerprint density at radius 1 is 1.22 bits per heavy atom. The predicted octanol–water partition coefficient (Wildman–Crippen LogP) is 2.92. The fraction of sp³-hybridized carbons (Fsp3) is 0.360. The van der Waals surface area contributed by atoms with Gasteiger partial charge in [-0.3, -0.25) is 9.69 Å². The van der Waals surface area contributed by atoms with Gasteiger partial charge < -0.3 is 20.1 Å². The number of carbonyl (C=O) groups is 1. The number of aliphatic hydroxyl groups is 1. The van der Waals surface area contributed by atoms with Crippen LogP contribution in [0.4, 0.5) is 5.82 Å². The Bertz CT molecular complexity index is 1060. The number of aromatic nitrogens is 1. The third-order valence-electron chi connectivity index (χ3n) is 6.02. The van der Waals surface area contributed by atoms with Crippen LogP contribution in [0.5, 0.6) is 5.75 Å². The van der Waals surface area contributed by atoms with Gasteiger partial charge in [0.1, 0.15) is 11.6 Å². The predicted molar refractivity (Wildman–Crippen MR) is 126 cm³/mol. The molecule has 0 saturated carbocycles. The second kappa shape index (κ2) is 9.97. The highest BCUT2D eigenvalue weighted by Crippen LogP contribution is 2.27. The zero-order chi connectivity index (χ0) is 22.5. The topological polar surface area (TPSA) is 77.9 Å². The summed E-state index contributed by atoms with van der Waals surface area (Å²) in [5, 5.41) is 13.8. The van der Waals surface area contributed by atoms with Gasteiger partial charge in [-0.15, -0.1) is 0 Å². The molecule has 1 unspecified atom stereocenters. The lowest BCUT2D eigenvalue weighted by Crippen LogP contribution is -2.40. The Morgan fingerprint density at radius 3 is 2.75 bits per heavy atom. The summed E-state index contributed by atoms with van der Waals surface area (Å²) in [6, 6.07) is 19.4. The summed E-state index contributed by atoms with van der Waals surface area (Å²) >= 11 is 0. The molecule has 0 radical (unpaired) electrons. The average molecular weight is 435 g/mol. The molecular weight excluding hydrogens is 404 g/mol. The molecule has 2 aromatic carbocycles. The van der Waals surface area contributed by atoms with Gasteiger partial charge in [-0.1, -0.05) is 36.4 Å². The van der Waals surface area contributed by atoms with Gasteiger partial charge in [-0.25, -0.2) is 4.98 Å². The molecule has 2 heterocycles. The van der Waals surface area contributed by atoms with Crippen LogP contribution in [0.2, 0.25) is 0 Å². The summed E-state index contributed by atoms with van der Waals surface area (Å²) in [5.74, 6) is 1.32. The number of hydrogen-bond donors (Lipinski definition) is 2. The van der Waals surface area contributed by atoms with E-state index >= 15 is 0 Å². The SMILES string of the molecule is CNc1ccc2c(OCC(=O)N(C)[C@H](CN3CCC(O)C3)c3ccccc3)cccc2n1. The number of nitrogens with one attached hydrogen (secondary N) is 1. The molecule has 1 saturated heterocycles. The highest BCUT2D eigenvalue weighted by Gasteiger charge is 2.28. The Labute approximate surface area is 188 Å². The van der Waals surface area contributed by atoms with E-state index in [9.17, 15) is 9.90 Å². The number of likely N-dealkylation sites (N-methyl/N-ethyl adjacent to an activating group) is 1. The molecule has 1 aromatic heterocycles. The van der Waals surface area contributed by atoms with Crippen molar-refractivity contribution < 1.29 is 14.6 Å². The largest absolute Gasteiger partial charge is 0.483 e. The van der Waals surface area contributed by atoms with E-state index in [4.69, 9.17) is 4.74 Å². The summed E-state index contributed by atoms with van der Waals surface area (Å²) in [7, 11) is 3.65. The molecule has 0 bridgehead atoms. The van der Waals surface area contributed by atoms with E-state index in [-0.39, 0.29) is 24.7 Å². The standard InChI is InChI=1S/C25H30N4O3/c1-26-24-12-11-20-21(27-24)9-6-10-23(20)32-17-25(31)28(2)22(18-7-4-3-5-8-18)16-29-14-13-19(30)15-29/h3-12,19,22,30H,13-17H2,1-2H3,(H,26,27)/t19?,22-/m1/s1. The number of aliphatic hydroxyl groups excluding tert-OH is 1. The molecule has 168 valence electrons. The van der Waals surface area contributed by atoms with Gasteiger partial charge in [0.05, 0.1) is 17.7 Å². The first kappa shape index (κ1) is 22.0. The fourth-order valence-corrected chi connectivity index (χ4v) is 4.16. The van der Waals surface area contributed by atoms with Crippen molar-refractivity contribution >= 4 is 22.6 Å². The fourth-order valence-electron chi connectivity index (χ4n) is 4.16. The highest BCUT2D eigenvalue weighted by molar-refractivity contribution is 5.87. The van der Waals surface area contributed by atoms with E-state index in [1.54, 1.807) is 4.90 Å². The number of hydrogen-bond acceptors (Lipinski definition) is 6. The molecule has 2 atom stereocenters. The van der Waals surface area contributed by atoms with E-state index in [2.05, 4.69) is 15.2 Å². The summed E-state index contributed by atoms with van der Waals surface area (Å²) in [5.41, 5.74) is 1.88. The van der Waals surface area contributed by atoms with Crippen LogP contribution in [0.25, 0.3) is 10.9 Å². The minimum atomic E-state index is -0.292. The van der Waals surface area contributed by atoms with Crippen LogP contribution in [0.1, 0.15) is 18.0 Å². The molecule has 1 fully saturated rings. The first-order chi connectivity index (χ1) is 15.5. The van der Waals surface area contributed by atoms with Gasteiger partial charge in [0.2, 0.25) is 0 Å². The number of pyridine rings is 1. The number of benzene rings is 2. The van der Waals surface area contributed by atoms with Gasteiger partial charge in [-0.2, -0.15) is 0 Å². The van der Waals surface area contributed by atoms with E-state index in [1.165, 1.54) is 0 Å². The normalized spacial score (nSPS) is 17.3. The molecule has 1 amide bonds. The monoisotopic (exact) mass is 434 g/mol. The number of rotatable bonds is 8. The van der Waals surface area contributed by atoms with Crippen LogP contribution in [-0.2, 0) is 4.79 Å². The van der Waals surface area contributed by atoms with Crippen LogP contribution in [0, 0.1) is 0 Å². The second-order valence-electron chi connectivity index (χ2n) is 8.19. The number of ether oxygens (including phenoxy) is 1. The number of anilines is 1. The highest BCUT2D eigenvalue weighted by atomic mass is 16.5. The molecule has 32 heavy (non-hydrogen) atoms. The van der Waals surface area contributed by atoms with Crippen molar-refractivity contribution in [2.24, 2.45) is 0 Å². The average Bonchev–Trinajstić information content (AvgIpc) is 3.25. The first-order valence-electron chi connectivity index (χ1n) is 11.0. The lowest BCUT2D eigenvalue weighted by atomic mass is 10.0. The lowest BCUT2D eigenvalue weighted by Gasteiger charge is -2.32. The van der Waals surface area contributed by atoms with E-state index in [0.29, 0.717) is 18.8 Å². The minimum Gasteiger partial charge on any atom is -0.483 e. The van der Waals surface area contributed by atoms with Crippen molar-refractivity contribution in [1.82, 2.24) is 14.8 Å². The van der Waals surface area contributed by atoms with Crippen LogP contribution >= 0.6 is 0 Å². The quantitative estimate of drug-likeness (QED) is 0.568. The second-order valence-corrected chi connectivity index (χ2v) is 8.19. The maximum atomic E-state index is 13.1. The van der Waals surface area contributed by atoms with Crippen molar-refractivity contribution in [3.8, 4) is 5.75 Å². The van der Waals surface area contributed by atoms with Crippen molar-refractivity contribution in [2.45, 2.75) is 18.6 Å².